The van der Waals surface area contributed by atoms with Crippen LogP contribution in [0.4, 0.5) is 5.82 Å². The highest BCUT2D eigenvalue weighted by Gasteiger charge is 2.14. The minimum atomic E-state index is 0.936. The van der Waals surface area contributed by atoms with Crippen molar-refractivity contribution in [3.8, 4) is 11.3 Å². The molecule has 102 valence electrons. The van der Waals surface area contributed by atoms with Gasteiger partial charge in [0.2, 0.25) is 0 Å². The molecule has 0 saturated carbocycles. The molecule has 2 heterocycles. The number of aromatic nitrogens is 2. The zero-order valence-corrected chi connectivity index (χ0v) is 12.5. The summed E-state index contributed by atoms with van der Waals surface area (Å²) in [5.74, 6) is 0.936. The van der Waals surface area contributed by atoms with Crippen molar-refractivity contribution in [3.63, 3.8) is 0 Å². The van der Waals surface area contributed by atoms with Crippen LogP contribution in [0.15, 0.2) is 36.0 Å². The van der Waals surface area contributed by atoms with Crippen LogP contribution >= 0.6 is 11.3 Å². The zero-order chi connectivity index (χ0) is 13.9. The minimum absolute atomic E-state index is 0.936. The molecule has 3 aromatic rings. The van der Waals surface area contributed by atoms with Gasteiger partial charge >= 0.3 is 0 Å². The van der Waals surface area contributed by atoms with E-state index in [1.165, 1.54) is 21.2 Å². The molecule has 0 amide bonds. The molecular weight excluding hydrogens is 266 g/mol. The van der Waals surface area contributed by atoms with Crippen molar-refractivity contribution in [2.24, 2.45) is 0 Å². The van der Waals surface area contributed by atoms with Crippen LogP contribution in [0.25, 0.3) is 21.3 Å². The topological polar surface area (TPSA) is 37.8 Å². The van der Waals surface area contributed by atoms with E-state index < -0.39 is 0 Å². The van der Waals surface area contributed by atoms with Crippen molar-refractivity contribution in [1.29, 1.82) is 0 Å². The normalized spacial score (nSPS) is 10.9. The van der Waals surface area contributed by atoms with Crippen LogP contribution in [0.3, 0.4) is 0 Å². The Labute approximate surface area is 122 Å². The predicted molar refractivity (Wildman–Crippen MR) is 86.4 cm³/mol. The third-order valence-electron chi connectivity index (χ3n) is 3.42. The highest BCUT2D eigenvalue weighted by Crippen LogP contribution is 2.35. The van der Waals surface area contributed by atoms with E-state index in [0.717, 1.165) is 24.4 Å². The number of nitrogens with zero attached hydrogens (tertiary/aromatic N) is 2. The Hall–Kier alpha value is -1.94. The minimum Gasteiger partial charge on any atom is -0.373 e. The second-order valence-electron chi connectivity index (χ2n) is 4.69. The van der Waals surface area contributed by atoms with Crippen molar-refractivity contribution in [2.75, 3.05) is 12.4 Å². The lowest BCUT2D eigenvalue weighted by Crippen LogP contribution is -2.03. The first-order valence-electron chi connectivity index (χ1n) is 6.83. The summed E-state index contributed by atoms with van der Waals surface area (Å²) >= 11 is 1.77. The van der Waals surface area contributed by atoms with Gasteiger partial charge in [-0.3, -0.25) is 0 Å². The first kappa shape index (κ1) is 13.1. The summed E-state index contributed by atoms with van der Waals surface area (Å²) in [5.41, 5.74) is 3.47. The number of rotatable bonds is 4. The van der Waals surface area contributed by atoms with Crippen molar-refractivity contribution >= 4 is 27.2 Å². The number of thiophene rings is 1. The van der Waals surface area contributed by atoms with E-state index in [9.17, 15) is 0 Å². The standard InChI is InChI=1S/C16H17N3S/c1-3-5-13-14(18-10-19-16(13)17-2)12-7-4-6-11-8-9-20-15(11)12/h4,6-10H,3,5H2,1-2H3,(H,17,18,19). The lowest BCUT2D eigenvalue weighted by Gasteiger charge is -2.12. The second kappa shape index (κ2) is 5.59. The Morgan fingerprint density at radius 1 is 1.20 bits per heavy atom. The van der Waals surface area contributed by atoms with Crippen molar-refractivity contribution in [2.45, 2.75) is 19.8 Å². The van der Waals surface area contributed by atoms with E-state index in [0.29, 0.717) is 0 Å². The van der Waals surface area contributed by atoms with Gasteiger partial charge in [0.25, 0.3) is 0 Å². The van der Waals surface area contributed by atoms with Gasteiger partial charge in [0, 0.05) is 22.9 Å². The van der Waals surface area contributed by atoms with Crippen LogP contribution in [-0.2, 0) is 6.42 Å². The molecule has 0 radical (unpaired) electrons. The van der Waals surface area contributed by atoms with Gasteiger partial charge in [-0.2, -0.15) is 0 Å². The summed E-state index contributed by atoms with van der Waals surface area (Å²) in [5, 5.41) is 6.59. The lowest BCUT2D eigenvalue weighted by atomic mass is 10.0. The number of anilines is 1. The molecule has 0 aliphatic carbocycles. The Kier molecular flexibility index (Phi) is 3.65. The number of nitrogens with one attached hydrogen (secondary N) is 1. The molecule has 0 bridgehead atoms. The van der Waals surface area contributed by atoms with Gasteiger partial charge < -0.3 is 5.32 Å². The summed E-state index contributed by atoms with van der Waals surface area (Å²) in [6, 6.07) is 8.55. The first-order valence-corrected chi connectivity index (χ1v) is 7.71. The van der Waals surface area contributed by atoms with E-state index in [1.807, 2.05) is 7.05 Å². The molecule has 20 heavy (non-hydrogen) atoms. The van der Waals surface area contributed by atoms with Crippen LogP contribution < -0.4 is 5.32 Å². The second-order valence-corrected chi connectivity index (χ2v) is 5.61. The number of fused-ring (bicyclic) bond motifs is 1. The number of hydrogen-bond donors (Lipinski definition) is 1. The van der Waals surface area contributed by atoms with E-state index >= 15 is 0 Å². The summed E-state index contributed by atoms with van der Waals surface area (Å²) < 4.78 is 1.30. The molecule has 1 aromatic carbocycles. The van der Waals surface area contributed by atoms with Gasteiger partial charge in [-0.1, -0.05) is 31.5 Å². The molecule has 3 nitrogen and oxygen atoms in total. The molecule has 0 fully saturated rings. The number of hydrogen-bond acceptors (Lipinski definition) is 4. The molecule has 1 N–H and O–H groups in total. The maximum absolute atomic E-state index is 4.56. The molecule has 0 atom stereocenters. The molecule has 0 saturated heterocycles. The predicted octanol–water partition coefficient (Wildman–Crippen LogP) is 4.35. The molecule has 0 aliphatic rings. The smallest absolute Gasteiger partial charge is 0.132 e. The highest BCUT2D eigenvalue weighted by molar-refractivity contribution is 7.17. The average molecular weight is 283 g/mol. The van der Waals surface area contributed by atoms with Gasteiger partial charge in [0.05, 0.1) is 5.69 Å². The van der Waals surface area contributed by atoms with E-state index in [4.69, 9.17) is 0 Å². The molecule has 2 aromatic heterocycles. The first-order chi connectivity index (χ1) is 9.85. The van der Waals surface area contributed by atoms with Gasteiger partial charge in [-0.15, -0.1) is 11.3 Å². The highest BCUT2D eigenvalue weighted by atomic mass is 32.1. The van der Waals surface area contributed by atoms with E-state index in [1.54, 1.807) is 17.7 Å². The molecule has 0 spiro atoms. The van der Waals surface area contributed by atoms with Gasteiger partial charge in [-0.05, 0) is 23.3 Å². The van der Waals surface area contributed by atoms with Gasteiger partial charge in [-0.25, -0.2) is 9.97 Å². The molecule has 3 rings (SSSR count). The maximum atomic E-state index is 4.56. The Bertz CT molecular complexity index is 733. The third-order valence-corrected chi connectivity index (χ3v) is 4.38. The molecular formula is C16H17N3S. The fraction of sp³-hybridized carbons (Fsp3) is 0.250. The Morgan fingerprint density at radius 3 is 2.90 bits per heavy atom. The summed E-state index contributed by atoms with van der Waals surface area (Å²) in [4.78, 5) is 8.91. The van der Waals surface area contributed by atoms with E-state index in [2.05, 4.69) is 51.9 Å². The van der Waals surface area contributed by atoms with E-state index in [-0.39, 0.29) is 0 Å². The Morgan fingerprint density at radius 2 is 2.10 bits per heavy atom. The summed E-state index contributed by atoms with van der Waals surface area (Å²) in [6.45, 7) is 2.18. The van der Waals surface area contributed by atoms with Crippen molar-refractivity contribution in [1.82, 2.24) is 9.97 Å². The van der Waals surface area contributed by atoms with Crippen molar-refractivity contribution in [3.05, 3.63) is 41.5 Å². The van der Waals surface area contributed by atoms with Gasteiger partial charge in [0.15, 0.2) is 0 Å². The molecule has 0 unspecified atom stereocenters. The molecule has 0 aliphatic heterocycles. The summed E-state index contributed by atoms with van der Waals surface area (Å²) in [7, 11) is 1.91. The summed E-state index contributed by atoms with van der Waals surface area (Å²) in [6.07, 6.45) is 3.70. The SMILES string of the molecule is CCCc1c(NC)ncnc1-c1cccc2ccsc12. The van der Waals surface area contributed by atoms with Crippen LogP contribution in [0.1, 0.15) is 18.9 Å². The molecule has 4 heteroatoms. The maximum Gasteiger partial charge on any atom is 0.132 e. The number of benzene rings is 1. The van der Waals surface area contributed by atoms with Crippen LogP contribution in [-0.4, -0.2) is 17.0 Å². The largest absolute Gasteiger partial charge is 0.373 e. The lowest BCUT2D eigenvalue weighted by molar-refractivity contribution is 0.906. The van der Waals surface area contributed by atoms with Crippen molar-refractivity contribution < 1.29 is 0 Å². The Balaban J connectivity index is 2.26. The monoisotopic (exact) mass is 283 g/mol. The van der Waals surface area contributed by atoms with Gasteiger partial charge in [0.1, 0.15) is 12.1 Å². The van der Waals surface area contributed by atoms with Crippen LogP contribution in [0, 0.1) is 0 Å². The third kappa shape index (κ3) is 2.16. The fourth-order valence-electron chi connectivity index (χ4n) is 2.53. The fourth-order valence-corrected chi connectivity index (χ4v) is 3.44. The average Bonchev–Trinajstić information content (AvgIpc) is 2.96. The quantitative estimate of drug-likeness (QED) is 0.773. The van der Waals surface area contributed by atoms with Crippen LogP contribution in [0.2, 0.25) is 0 Å². The van der Waals surface area contributed by atoms with Crippen LogP contribution in [0.5, 0.6) is 0 Å². The zero-order valence-electron chi connectivity index (χ0n) is 11.7.